The van der Waals surface area contributed by atoms with Crippen LogP contribution in [0, 0.1) is 0 Å². The van der Waals surface area contributed by atoms with Crippen molar-refractivity contribution in [1.82, 2.24) is 9.29 Å². The number of rotatable bonds is 7. The van der Waals surface area contributed by atoms with E-state index < -0.39 is 10.0 Å². The molecule has 4 rings (SSSR count). The van der Waals surface area contributed by atoms with E-state index in [-0.39, 0.29) is 16.9 Å². The number of carbonyl (C=O) groups is 1. The molecule has 1 N–H and O–H groups in total. The van der Waals surface area contributed by atoms with Crippen LogP contribution in [0.3, 0.4) is 0 Å². The van der Waals surface area contributed by atoms with Crippen molar-refractivity contribution >= 4 is 27.3 Å². The van der Waals surface area contributed by atoms with Gasteiger partial charge in [-0.3, -0.25) is 4.79 Å². The van der Waals surface area contributed by atoms with Gasteiger partial charge in [0.15, 0.2) is 0 Å². The van der Waals surface area contributed by atoms with Gasteiger partial charge in [0.2, 0.25) is 15.9 Å². The van der Waals surface area contributed by atoms with Gasteiger partial charge in [-0.2, -0.15) is 4.31 Å². The number of carbonyl (C=O) groups excluding carboxylic acids is 1. The van der Waals surface area contributed by atoms with Crippen LogP contribution in [0.5, 0.6) is 5.88 Å². The minimum absolute atomic E-state index is 0.0283. The fraction of sp³-hybridized carbons (Fsp3) is 0.478. The molecule has 34 heavy (non-hydrogen) atoms. The van der Waals surface area contributed by atoms with Crippen LogP contribution in [0.4, 0.5) is 11.4 Å². The molecule has 0 saturated carbocycles. The van der Waals surface area contributed by atoms with Gasteiger partial charge in [-0.1, -0.05) is 0 Å². The zero-order valence-electron chi connectivity index (χ0n) is 19.4. The van der Waals surface area contributed by atoms with Crippen LogP contribution >= 0.6 is 0 Å². The maximum absolute atomic E-state index is 13.2. The van der Waals surface area contributed by atoms with E-state index in [4.69, 9.17) is 14.2 Å². The molecule has 1 aromatic carbocycles. The number of nitrogens with zero attached hydrogens (tertiary/aromatic N) is 3. The molecule has 0 radical (unpaired) electrons. The standard InChI is InChI=1S/C23H30N4O6S/c1-17(2)33-22-6-3-18(16-24-22)23(28)25-20-15-19(34(29,30)27-9-13-32-14-10-27)4-5-21(20)26-7-11-31-12-8-26/h3-6,15-17H,7-14H2,1-2H3,(H,25,28). The van der Waals surface area contributed by atoms with Crippen molar-refractivity contribution in [3.05, 3.63) is 42.1 Å². The number of benzene rings is 1. The van der Waals surface area contributed by atoms with E-state index in [1.54, 1.807) is 24.3 Å². The number of anilines is 2. The Morgan fingerprint density at radius 2 is 1.71 bits per heavy atom. The lowest BCUT2D eigenvalue weighted by atomic mass is 10.2. The second-order valence-corrected chi connectivity index (χ2v) is 10.2. The molecule has 0 unspecified atom stereocenters. The summed E-state index contributed by atoms with van der Waals surface area (Å²) in [5.74, 6) is 0.0400. The normalized spacial score (nSPS) is 17.6. The number of hydrogen-bond acceptors (Lipinski definition) is 8. The molecule has 2 fully saturated rings. The van der Waals surface area contributed by atoms with E-state index in [1.807, 2.05) is 13.8 Å². The highest BCUT2D eigenvalue weighted by Gasteiger charge is 2.28. The zero-order chi connectivity index (χ0) is 24.1. The van der Waals surface area contributed by atoms with Gasteiger partial charge in [-0.25, -0.2) is 13.4 Å². The van der Waals surface area contributed by atoms with Crippen LogP contribution in [0.25, 0.3) is 0 Å². The molecule has 11 heteroatoms. The summed E-state index contributed by atoms with van der Waals surface area (Å²) in [4.78, 5) is 19.4. The summed E-state index contributed by atoms with van der Waals surface area (Å²) in [7, 11) is -3.72. The third-order valence-electron chi connectivity index (χ3n) is 5.53. The van der Waals surface area contributed by atoms with Crippen molar-refractivity contribution in [2.24, 2.45) is 0 Å². The monoisotopic (exact) mass is 490 g/mol. The Morgan fingerprint density at radius 1 is 1.03 bits per heavy atom. The minimum atomic E-state index is -3.72. The highest BCUT2D eigenvalue weighted by atomic mass is 32.2. The summed E-state index contributed by atoms with van der Waals surface area (Å²) in [6, 6.07) is 8.12. The highest BCUT2D eigenvalue weighted by Crippen LogP contribution is 2.31. The predicted molar refractivity (Wildman–Crippen MR) is 127 cm³/mol. The molecular formula is C23H30N4O6S. The van der Waals surface area contributed by atoms with Crippen LogP contribution < -0.4 is 15.0 Å². The molecule has 0 atom stereocenters. The fourth-order valence-corrected chi connectivity index (χ4v) is 5.25. The molecule has 10 nitrogen and oxygen atoms in total. The van der Waals surface area contributed by atoms with Crippen LogP contribution in [0.1, 0.15) is 24.2 Å². The summed E-state index contributed by atoms with van der Waals surface area (Å²) in [5.41, 5.74) is 1.50. The Morgan fingerprint density at radius 3 is 2.32 bits per heavy atom. The van der Waals surface area contributed by atoms with Gasteiger partial charge in [-0.05, 0) is 38.1 Å². The van der Waals surface area contributed by atoms with E-state index in [0.29, 0.717) is 69.7 Å². The Balaban J connectivity index is 1.62. The summed E-state index contributed by atoms with van der Waals surface area (Å²) in [6.07, 6.45) is 1.41. The number of amides is 1. The lowest BCUT2D eigenvalue weighted by Crippen LogP contribution is -2.40. The Kier molecular flexibility index (Phi) is 7.67. The first-order chi connectivity index (χ1) is 16.3. The minimum Gasteiger partial charge on any atom is -0.475 e. The van der Waals surface area contributed by atoms with Crippen LogP contribution in [0.15, 0.2) is 41.4 Å². The molecule has 2 aromatic rings. The largest absolute Gasteiger partial charge is 0.475 e. The maximum atomic E-state index is 13.2. The third-order valence-corrected chi connectivity index (χ3v) is 7.43. The second-order valence-electron chi connectivity index (χ2n) is 8.30. The number of hydrogen-bond donors (Lipinski definition) is 1. The van der Waals surface area contributed by atoms with Gasteiger partial charge in [-0.15, -0.1) is 0 Å². The molecule has 2 aliphatic heterocycles. The quantitative estimate of drug-likeness (QED) is 0.627. The molecular weight excluding hydrogens is 460 g/mol. The third kappa shape index (κ3) is 5.66. The molecule has 2 aliphatic rings. The van der Waals surface area contributed by atoms with Crippen LogP contribution in [0.2, 0.25) is 0 Å². The Hall–Kier alpha value is -2.73. The number of ether oxygens (including phenoxy) is 3. The lowest BCUT2D eigenvalue weighted by molar-refractivity contribution is 0.0730. The number of morpholine rings is 2. The summed E-state index contributed by atoms with van der Waals surface area (Å²) in [6.45, 7) is 7.50. The lowest BCUT2D eigenvalue weighted by Gasteiger charge is -2.31. The number of aromatic nitrogens is 1. The first kappa shape index (κ1) is 24.4. The Labute approximate surface area is 199 Å². The molecule has 3 heterocycles. The molecule has 184 valence electrons. The van der Waals surface area contributed by atoms with Crippen molar-refractivity contribution in [3.8, 4) is 5.88 Å². The average molecular weight is 491 g/mol. The van der Waals surface area contributed by atoms with E-state index in [0.717, 1.165) is 5.69 Å². The van der Waals surface area contributed by atoms with E-state index >= 15 is 0 Å². The van der Waals surface area contributed by atoms with Crippen LogP contribution in [-0.4, -0.2) is 82.3 Å². The molecule has 0 aliphatic carbocycles. The number of pyridine rings is 1. The number of nitrogens with one attached hydrogen (secondary N) is 1. The highest BCUT2D eigenvalue weighted by molar-refractivity contribution is 7.89. The van der Waals surface area contributed by atoms with Gasteiger partial charge in [0.05, 0.1) is 54.4 Å². The number of sulfonamides is 1. The zero-order valence-corrected chi connectivity index (χ0v) is 20.2. The van der Waals surface area contributed by atoms with Crippen molar-refractivity contribution in [1.29, 1.82) is 0 Å². The molecule has 1 aromatic heterocycles. The van der Waals surface area contributed by atoms with Crippen molar-refractivity contribution < 1.29 is 27.4 Å². The summed E-state index contributed by atoms with van der Waals surface area (Å²) < 4.78 is 44.1. The first-order valence-corrected chi connectivity index (χ1v) is 12.8. The van der Waals surface area contributed by atoms with Crippen LogP contribution in [-0.2, 0) is 19.5 Å². The van der Waals surface area contributed by atoms with Crippen molar-refractivity contribution in [3.63, 3.8) is 0 Å². The topological polar surface area (TPSA) is 110 Å². The Bertz CT molecular complexity index is 1090. The fourth-order valence-electron chi connectivity index (χ4n) is 3.81. The van der Waals surface area contributed by atoms with Gasteiger partial charge in [0, 0.05) is 38.4 Å². The van der Waals surface area contributed by atoms with Gasteiger partial charge in [0.25, 0.3) is 5.91 Å². The van der Waals surface area contributed by atoms with E-state index in [9.17, 15) is 13.2 Å². The van der Waals surface area contributed by atoms with Gasteiger partial charge in [0.1, 0.15) is 0 Å². The van der Waals surface area contributed by atoms with Crippen molar-refractivity contribution in [2.45, 2.75) is 24.8 Å². The molecule has 2 saturated heterocycles. The average Bonchev–Trinajstić information content (AvgIpc) is 2.85. The van der Waals surface area contributed by atoms with Gasteiger partial charge >= 0.3 is 0 Å². The molecule has 1 amide bonds. The van der Waals surface area contributed by atoms with Gasteiger partial charge < -0.3 is 24.4 Å². The summed E-state index contributed by atoms with van der Waals surface area (Å²) in [5, 5.41) is 2.89. The van der Waals surface area contributed by atoms with E-state index in [1.165, 1.54) is 16.6 Å². The molecule has 0 bridgehead atoms. The maximum Gasteiger partial charge on any atom is 0.257 e. The van der Waals surface area contributed by atoms with E-state index in [2.05, 4.69) is 15.2 Å². The SMILES string of the molecule is CC(C)Oc1ccc(C(=O)Nc2cc(S(=O)(=O)N3CCOCC3)ccc2N2CCOCC2)cn1. The first-order valence-electron chi connectivity index (χ1n) is 11.3. The predicted octanol–water partition coefficient (Wildman–Crippen LogP) is 1.98. The smallest absolute Gasteiger partial charge is 0.257 e. The summed E-state index contributed by atoms with van der Waals surface area (Å²) >= 11 is 0. The van der Waals surface area contributed by atoms with Crippen molar-refractivity contribution in [2.75, 3.05) is 62.8 Å². The second kappa shape index (κ2) is 10.7. The molecule has 0 spiro atoms.